The number of likely N-dealkylation sites (N-methyl/N-ethyl adjacent to an activating group) is 1. The van der Waals surface area contributed by atoms with E-state index in [0.717, 1.165) is 38.6 Å². The third-order valence-electron chi connectivity index (χ3n) is 4.39. The van der Waals surface area contributed by atoms with E-state index in [4.69, 9.17) is 0 Å². The van der Waals surface area contributed by atoms with Crippen LogP contribution in [0.3, 0.4) is 0 Å². The highest BCUT2D eigenvalue weighted by atomic mass is 16.2. The van der Waals surface area contributed by atoms with E-state index >= 15 is 0 Å². The normalized spacial score (nSPS) is 16.9. The molecule has 0 saturated heterocycles. The Kier molecular flexibility index (Phi) is 8.97. The number of amides is 2. The highest BCUT2D eigenvalue weighted by Gasteiger charge is 2.30. The van der Waals surface area contributed by atoms with Crippen molar-refractivity contribution in [2.45, 2.75) is 58.4 Å². The molecule has 1 aliphatic carbocycles. The summed E-state index contributed by atoms with van der Waals surface area (Å²) < 4.78 is 0. The van der Waals surface area contributed by atoms with Gasteiger partial charge in [0.1, 0.15) is 6.04 Å². The van der Waals surface area contributed by atoms with E-state index in [0.29, 0.717) is 13.0 Å². The van der Waals surface area contributed by atoms with Crippen LogP contribution in [0.1, 0.15) is 52.4 Å². The lowest BCUT2D eigenvalue weighted by molar-refractivity contribution is -0.142. The summed E-state index contributed by atoms with van der Waals surface area (Å²) in [4.78, 5) is 38.9. The molecular formula is C18H33N3O3. The summed E-state index contributed by atoms with van der Waals surface area (Å²) in [5.74, 6) is -1.09. The van der Waals surface area contributed by atoms with Crippen LogP contribution in [0.15, 0.2) is 0 Å². The summed E-state index contributed by atoms with van der Waals surface area (Å²) >= 11 is 0. The van der Waals surface area contributed by atoms with Crippen molar-refractivity contribution in [1.82, 2.24) is 15.5 Å². The summed E-state index contributed by atoms with van der Waals surface area (Å²) in [6.07, 6.45) is 5.24. The molecule has 0 bridgehead atoms. The standard InChI is InChI=1S/C18H33N3O3/c1-13(2)12-15(17(23)19-10-11-21(3)4)20-18(24)16(22)14-8-6-5-7-9-14/h13-15H,5-12H2,1-4H3,(H,19,23)(H,20,24)/t15-/m0/s1. The van der Waals surface area contributed by atoms with Crippen molar-refractivity contribution >= 4 is 17.6 Å². The van der Waals surface area contributed by atoms with Gasteiger partial charge in [-0.05, 0) is 39.3 Å². The van der Waals surface area contributed by atoms with E-state index in [1.165, 1.54) is 0 Å². The lowest BCUT2D eigenvalue weighted by Crippen LogP contribution is -2.51. The van der Waals surface area contributed by atoms with Crippen LogP contribution in [0, 0.1) is 11.8 Å². The Balaban J connectivity index is 2.58. The van der Waals surface area contributed by atoms with Gasteiger partial charge in [0.2, 0.25) is 11.7 Å². The predicted molar refractivity (Wildman–Crippen MR) is 94.5 cm³/mol. The zero-order valence-electron chi connectivity index (χ0n) is 15.6. The third kappa shape index (κ3) is 7.43. The molecule has 1 fully saturated rings. The molecule has 6 heteroatoms. The molecule has 1 saturated carbocycles. The van der Waals surface area contributed by atoms with Crippen LogP contribution in [0.5, 0.6) is 0 Å². The number of ketones is 1. The van der Waals surface area contributed by atoms with Gasteiger partial charge in [-0.15, -0.1) is 0 Å². The second-order valence-electron chi connectivity index (χ2n) is 7.45. The van der Waals surface area contributed by atoms with Gasteiger partial charge in [0.05, 0.1) is 0 Å². The lowest BCUT2D eigenvalue weighted by Gasteiger charge is -2.23. The number of carbonyl (C=O) groups is 3. The van der Waals surface area contributed by atoms with Crippen LogP contribution >= 0.6 is 0 Å². The fourth-order valence-electron chi connectivity index (χ4n) is 3.01. The van der Waals surface area contributed by atoms with Crippen molar-refractivity contribution < 1.29 is 14.4 Å². The van der Waals surface area contributed by atoms with E-state index < -0.39 is 11.9 Å². The van der Waals surface area contributed by atoms with E-state index in [1.807, 2.05) is 32.8 Å². The molecule has 1 atom stereocenters. The van der Waals surface area contributed by atoms with Gasteiger partial charge in [-0.1, -0.05) is 33.1 Å². The van der Waals surface area contributed by atoms with Crippen molar-refractivity contribution in [1.29, 1.82) is 0 Å². The fourth-order valence-corrected chi connectivity index (χ4v) is 3.01. The maximum Gasteiger partial charge on any atom is 0.288 e. The Morgan fingerprint density at radius 2 is 1.71 bits per heavy atom. The van der Waals surface area contributed by atoms with Gasteiger partial charge < -0.3 is 15.5 Å². The van der Waals surface area contributed by atoms with Gasteiger partial charge in [0, 0.05) is 19.0 Å². The first-order chi connectivity index (χ1) is 11.3. The Morgan fingerprint density at radius 1 is 1.08 bits per heavy atom. The van der Waals surface area contributed by atoms with Gasteiger partial charge in [0.15, 0.2) is 0 Å². The van der Waals surface area contributed by atoms with Gasteiger partial charge in [-0.25, -0.2) is 0 Å². The highest BCUT2D eigenvalue weighted by Crippen LogP contribution is 2.24. The first-order valence-electron chi connectivity index (χ1n) is 9.08. The Labute approximate surface area is 145 Å². The summed E-state index contributed by atoms with van der Waals surface area (Å²) in [6.45, 7) is 5.24. The molecule has 0 aromatic heterocycles. The average molecular weight is 339 g/mol. The number of nitrogens with zero attached hydrogens (tertiary/aromatic N) is 1. The summed E-state index contributed by atoms with van der Waals surface area (Å²) in [5.41, 5.74) is 0. The molecule has 0 radical (unpaired) electrons. The summed E-state index contributed by atoms with van der Waals surface area (Å²) in [7, 11) is 3.87. The quantitative estimate of drug-likeness (QED) is 0.622. The van der Waals surface area contributed by atoms with Crippen LogP contribution in [0.2, 0.25) is 0 Å². The number of rotatable bonds is 9. The van der Waals surface area contributed by atoms with E-state index in [9.17, 15) is 14.4 Å². The van der Waals surface area contributed by atoms with Crippen molar-refractivity contribution in [3.05, 3.63) is 0 Å². The smallest absolute Gasteiger partial charge is 0.288 e. The molecule has 0 unspecified atom stereocenters. The molecule has 6 nitrogen and oxygen atoms in total. The SMILES string of the molecule is CC(C)C[C@H](NC(=O)C(=O)C1CCCCC1)C(=O)NCCN(C)C. The Morgan fingerprint density at radius 3 is 2.25 bits per heavy atom. The predicted octanol–water partition coefficient (Wildman–Crippen LogP) is 1.34. The van der Waals surface area contributed by atoms with Crippen LogP contribution < -0.4 is 10.6 Å². The van der Waals surface area contributed by atoms with Crippen LogP contribution in [-0.2, 0) is 14.4 Å². The molecule has 0 aromatic rings. The second kappa shape index (κ2) is 10.4. The van der Waals surface area contributed by atoms with Gasteiger partial charge in [-0.3, -0.25) is 14.4 Å². The zero-order chi connectivity index (χ0) is 18.1. The Bertz CT molecular complexity index is 429. The largest absolute Gasteiger partial charge is 0.353 e. The van der Waals surface area contributed by atoms with E-state index in [2.05, 4.69) is 10.6 Å². The van der Waals surface area contributed by atoms with E-state index in [1.54, 1.807) is 0 Å². The number of hydrogen-bond acceptors (Lipinski definition) is 4. The molecule has 2 N–H and O–H groups in total. The zero-order valence-corrected chi connectivity index (χ0v) is 15.6. The highest BCUT2D eigenvalue weighted by molar-refractivity contribution is 6.37. The van der Waals surface area contributed by atoms with Gasteiger partial charge >= 0.3 is 0 Å². The first-order valence-corrected chi connectivity index (χ1v) is 9.08. The molecule has 0 aliphatic heterocycles. The van der Waals surface area contributed by atoms with Crippen LogP contribution in [0.25, 0.3) is 0 Å². The number of carbonyl (C=O) groups excluding carboxylic acids is 3. The van der Waals surface area contributed by atoms with Crippen molar-refractivity contribution in [2.75, 3.05) is 27.2 Å². The number of hydrogen-bond donors (Lipinski definition) is 2. The molecule has 138 valence electrons. The van der Waals surface area contributed by atoms with Gasteiger partial charge in [-0.2, -0.15) is 0 Å². The molecule has 0 heterocycles. The maximum atomic E-state index is 12.3. The fraction of sp³-hybridized carbons (Fsp3) is 0.833. The molecule has 24 heavy (non-hydrogen) atoms. The molecule has 0 spiro atoms. The summed E-state index contributed by atoms with van der Waals surface area (Å²) in [6, 6.07) is -0.646. The second-order valence-corrected chi connectivity index (χ2v) is 7.45. The molecule has 0 aromatic carbocycles. The van der Waals surface area contributed by atoms with Crippen molar-refractivity contribution in [3.8, 4) is 0 Å². The van der Waals surface area contributed by atoms with Crippen LogP contribution in [-0.4, -0.2) is 55.7 Å². The monoisotopic (exact) mass is 339 g/mol. The number of Topliss-reactive ketones (excluding diaryl/α,β-unsaturated/α-hetero) is 1. The topological polar surface area (TPSA) is 78.5 Å². The Hall–Kier alpha value is -1.43. The lowest BCUT2D eigenvalue weighted by atomic mass is 9.86. The molecular weight excluding hydrogens is 306 g/mol. The molecule has 2 amide bonds. The number of nitrogens with one attached hydrogen (secondary N) is 2. The molecule has 1 aliphatic rings. The maximum absolute atomic E-state index is 12.3. The minimum Gasteiger partial charge on any atom is -0.353 e. The minimum absolute atomic E-state index is 0.171. The van der Waals surface area contributed by atoms with Crippen LogP contribution in [0.4, 0.5) is 0 Å². The average Bonchev–Trinajstić information content (AvgIpc) is 2.53. The van der Waals surface area contributed by atoms with Crippen molar-refractivity contribution in [2.24, 2.45) is 11.8 Å². The van der Waals surface area contributed by atoms with E-state index in [-0.39, 0.29) is 23.5 Å². The summed E-state index contributed by atoms with van der Waals surface area (Å²) in [5, 5.41) is 5.51. The van der Waals surface area contributed by atoms with Crippen molar-refractivity contribution in [3.63, 3.8) is 0 Å². The minimum atomic E-state index is -0.646. The third-order valence-corrected chi connectivity index (χ3v) is 4.39. The molecule has 1 rings (SSSR count). The first kappa shape index (κ1) is 20.6. The van der Waals surface area contributed by atoms with Gasteiger partial charge in [0.25, 0.3) is 5.91 Å².